The van der Waals surface area contributed by atoms with Gasteiger partial charge in [0.25, 0.3) is 0 Å². The van der Waals surface area contributed by atoms with E-state index in [0.29, 0.717) is 12.0 Å². The van der Waals surface area contributed by atoms with E-state index in [-0.39, 0.29) is 0 Å². The van der Waals surface area contributed by atoms with Gasteiger partial charge in [0, 0.05) is 26.2 Å². The highest BCUT2D eigenvalue weighted by Crippen LogP contribution is 2.28. The molecule has 120 valence electrons. The second kappa shape index (κ2) is 9.01. The van der Waals surface area contributed by atoms with E-state index in [4.69, 9.17) is 5.11 Å². The molecule has 0 aliphatic carbocycles. The first kappa shape index (κ1) is 17.9. The van der Waals surface area contributed by atoms with E-state index in [2.05, 4.69) is 37.9 Å². The van der Waals surface area contributed by atoms with Crippen LogP contribution in [-0.4, -0.2) is 49.3 Å². The molecule has 0 bridgehead atoms. The molecule has 1 fully saturated rings. The van der Waals surface area contributed by atoms with Gasteiger partial charge in [-0.05, 0) is 49.6 Å². The molecule has 1 saturated heterocycles. The first-order valence-electron chi connectivity index (χ1n) is 8.53. The lowest BCUT2D eigenvalue weighted by molar-refractivity contribution is 0.164. The molecule has 0 amide bonds. The lowest BCUT2D eigenvalue weighted by Gasteiger charge is -2.34. The molecule has 20 heavy (non-hydrogen) atoms. The molecule has 3 heteroatoms. The Hall–Kier alpha value is -0.120. The molecule has 0 aromatic carbocycles. The standard InChI is InChI=1S/C17H36N2O/c1-5-8-17(4,13-18-11-15(2)3)14-19-9-6-16(12-19)7-10-20/h15-16,18,20H,5-14H2,1-4H3. The molecule has 2 N–H and O–H groups in total. The van der Waals surface area contributed by atoms with E-state index in [9.17, 15) is 0 Å². The third-order valence-electron chi connectivity index (χ3n) is 4.47. The summed E-state index contributed by atoms with van der Waals surface area (Å²) in [6.07, 6.45) is 4.79. The van der Waals surface area contributed by atoms with Crippen molar-refractivity contribution in [2.45, 2.75) is 53.4 Å². The summed E-state index contributed by atoms with van der Waals surface area (Å²) in [4.78, 5) is 2.62. The fourth-order valence-corrected chi connectivity index (χ4v) is 3.50. The highest BCUT2D eigenvalue weighted by atomic mass is 16.3. The summed E-state index contributed by atoms with van der Waals surface area (Å²) in [7, 11) is 0. The monoisotopic (exact) mass is 284 g/mol. The summed E-state index contributed by atoms with van der Waals surface area (Å²) in [5.74, 6) is 1.44. The maximum atomic E-state index is 9.07. The van der Waals surface area contributed by atoms with Gasteiger partial charge in [-0.3, -0.25) is 0 Å². The second-order valence-corrected chi connectivity index (χ2v) is 7.49. The van der Waals surface area contributed by atoms with Crippen LogP contribution >= 0.6 is 0 Å². The molecule has 1 aliphatic rings. The van der Waals surface area contributed by atoms with Gasteiger partial charge in [0.05, 0.1) is 0 Å². The predicted molar refractivity (Wildman–Crippen MR) is 87.0 cm³/mol. The molecule has 2 atom stereocenters. The normalized spacial score (nSPS) is 23.4. The lowest BCUT2D eigenvalue weighted by atomic mass is 9.84. The lowest BCUT2D eigenvalue weighted by Crippen LogP contribution is -2.42. The Morgan fingerprint density at radius 3 is 2.75 bits per heavy atom. The van der Waals surface area contributed by atoms with Crippen LogP contribution in [0, 0.1) is 17.3 Å². The Labute approximate surface area is 126 Å². The van der Waals surface area contributed by atoms with Crippen molar-refractivity contribution in [2.75, 3.05) is 39.3 Å². The van der Waals surface area contributed by atoms with Crippen LogP contribution in [0.1, 0.15) is 53.4 Å². The minimum absolute atomic E-state index is 0.348. The molecule has 1 rings (SSSR count). The van der Waals surface area contributed by atoms with Crippen LogP contribution in [-0.2, 0) is 0 Å². The van der Waals surface area contributed by atoms with Gasteiger partial charge in [-0.15, -0.1) is 0 Å². The quantitative estimate of drug-likeness (QED) is 0.647. The number of hydrogen-bond donors (Lipinski definition) is 2. The predicted octanol–water partition coefficient (Wildman–Crippen LogP) is 2.74. The van der Waals surface area contributed by atoms with E-state index < -0.39 is 0 Å². The summed E-state index contributed by atoms with van der Waals surface area (Å²) in [5.41, 5.74) is 0.387. The molecule has 0 aromatic heterocycles. The van der Waals surface area contributed by atoms with E-state index in [1.165, 1.54) is 38.9 Å². The molecule has 1 aliphatic heterocycles. The minimum atomic E-state index is 0.348. The zero-order valence-corrected chi connectivity index (χ0v) is 14.1. The smallest absolute Gasteiger partial charge is 0.0434 e. The van der Waals surface area contributed by atoms with Crippen molar-refractivity contribution in [2.24, 2.45) is 17.3 Å². The van der Waals surface area contributed by atoms with Crippen LogP contribution in [0.4, 0.5) is 0 Å². The first-order chi connectivity index (χ1) is 9.49. The number of rotatable bonds is 10. The molecule has 0 spiro atoms. The van der Waals surface area contributed by atoms with E-state index >= 15 is 0 Å². The topological polar surface area (TPSA) is 35.5 Å². The zero-order chi connectivity index (χ0) is 15.0. The Kier molecular flexibility index (Phi) is 8.08. The maximum Gasteiger partial charge on any atom is 0.0434 e. The SMILES string of the molecule is CCCC(C)(CNCC(C)C)CN1CCC(CCO)C1. The molecular weight excluding hydrogens is 248 g/mol. The molecule has 3 nitrogen and oxygen atoms in total. The Morgan fingerprint density at radius 2 is 2.15 bits per heavy atom. The molecular formula is C17H36N2O. The average molecular weight is 284 g/mol. The number of nitrogens with one attached hydrogen (secondary N) is 1. The Balaban J connectivity index is 2.41. The third kappa shape index (κ3) is 6.55. The van der Waals surface area contributed by atoms with Crippen LogP contribution < -0.4 is 5.32 Å². The molecule has 0 radical (unpaired) electrons. The van der Waals surface area contributed by atoms with E-state index in [0.717, 1.165) is 31.3 Å². The van der Waals surface area contributed by atoms with Crippen molar-refractivity contribution in [3.63, 3.8) is 0 Å². The van der Waals surface area contributed by atoms with Crippen LogP contribution in [0.15, 0.2) is 0 Å². The molecule has 1 heterocycles. The number of likely N-dealkylation sites (tertiary alicyclic amines) is 1. The largest absolute Gasteiger partial charge is 0.396 e. The third-order valence-corrected chi connectivity index (χ3v) is 4.47. The van der Waals surface area contributed by atoms with Gasteiger partial charge in [0.2, 0.25) is 0 Å². The summed E-state index contributed by atoms with van der Waals surface area (Å²) < 4.78 is 0. The molecule has 0 aromatic rings. The highest BCUT2D eigenvalue weighted by molar-refractivity contribution is 4.85. The van der Waals surface area contributed by atoms with Gasteiger partial charge in [0.1, 0.15) is 0 Å². The van der Waals surface area contributed by atoms with Gasteiger partial charge >= 0.3 is 0 Å². The van der Waals surface area contributed by atoms with Crippen molar-refractivity contribution in [1.29, 1.82) is 0 Å². The average Bonchev–Trinajstić information content (AvgIpc) is 2.76. The van der Waals surface area contributed by atoms with Crippen molar-refractivity contribution in [3.05, 3.63) is 0 Å². The van der Waals surface area contributed by atoms with Crippen molar-refractivity contribution in [3.8, 4) is 0 Å². The van der Waals surface area contributed by atoms with Gasteiger partial charge in [0.15, 0.2) is 0 Å². The number of hydrogen-bond acceptors (Lipinski definition) is 3. The summed E-state index contributed by atoms with van der Waals surface area (Å²) in [6, 6.07) is 0. The van der Waals surface area contributed by atoms with E-state index in [1.807, 2.05) is 0 Å². The second-order valence-electron chi connectivity index (χ2n) is 7.49. The van der Waals surface area contributed by atoms with Crippen LogP contribution in [0.2, 0.25) is 0 Å². The summed E-state index contributed by atoms with van der Waals surface area (Å²) in [5, 5.41) is 12.7. The zero-order valence-electron chi connectivity index (χ0n) is 14.1. The highest BCUT2D eigenvalue weighted by Gasteiger charge is 2.30. The van der Waals surface area contributed by atoms with Crippen molar-refractivity contribution in [1.82, 2.24) is 10.2 Å². The maximum absolute atomic E-state index is 9.07. The summed E-state index contributed by atoms with van der Waals surface area (Å²) in [6.45, 7) is 15.5. The van der Waals surface area contributed by atoms with E-state index in [1.54, 1.807) is 0 Å². The fourth-order valence-electron chi connectivity index (χ4n) is 3.50. The van der Waals surface area contributed by atoms with Crippen molar-refractivity contribution >= 4 is 0 Å². The fraction of sp³-hybridized carbons (Fsp3) is 1.00. The first-order valence-corrected chi connectivity index (χ1v) is 8.53. The number of aliphatic hydroxyl groups excluding tert-OH is 1. The number of aliphatic hydroxyl groups is 1. The minimum Gasteiger partial charge on any atom is -0.396 e. The molecule has 2 unspecified atom stereocenters. The van der Waals surface area contributed by atoms with Crippen LogP contribution in [0.25, 0.3) is 0 Å². The van der Waals surface area contributed by atoms with Crippen molar-refractivity contribution < 1.29 is 5.11 Å². The van der Waals surface area contributed by atoms with Crippen LogP contribution in [0.5, 0.6) is 0 Å². The Bertz CT molecular complexity index is 257. The van der Waals surface area contributed by atoms with Gasteiger partial charge in [-0.2, -0.15) is 0 Å². The molecule has 0 saturated carbocycles. The van der Waals surface area contributed by atoms with Gasteiger partial charge in [-0.1, -0.05) is 34.1 Å². The van der Waals surface area contributed by atoms with Gasteiger partial charge < -0.3 is 15.3 Å². The number of nitrogens with zero attached hydrogens (tertiary/aromatic N) is 1. The van der Waals surface area contributed by atoms with Gasteiger partial charge in [-0.25, -0.2) is 0 Å². The van der Waals surface area contributed by atoms with Crippen LogP contribution in [0.3, 0.4) is 0 Å². The Morgan fingerprint density at radius 1 is 1.40 bits per heavy atom. The summed E-state index contributed by atoms with van der Waals surface area (Å²) >= 11 is 0.